The number of carbonyl (C=O) groups excluding carboxylic acids is 1. The number of carbonyl (C=O) groups is 1. The Morgan fingerprint density at radius 3 is 2.82 bits per heavy atom. The summed E-state index contributed by atoms with van der Waals surface area (Å²) in [5.74, 6) is 1.96. The van der Waals surface area contributed by atoms with E-state index in [2.05, 4.69) is 24.8 Å². The summed E-state index contributed by atoms with van der Waals surface area (Å²) in [5.41, 5.74) is 1.60. The molecule has 0 unspecified atom stereocenters. The molecule has 0 spiro atoms. The fourth-order valence-corrected chi connectivity index (χ4v) is 3.67. The molecule has 1 saturated heterocycles. The molecular weight excluding hydrogens is 352 g/mol. The molecule has 1 fully saturated rings. The van der Waals surface area contributed by atoms with Crippen LogP contribution >= 0.6 is 0 Å². The molecule has 144 valence electrons. The number of hydrogen-bond acceptors (Lipinski definition) is 5. The minimum absolute atomic E-state index is 0.0896. The number of nitrogens with one attached hydrogen (secondary N) is 1. The van der Waals surface area contributed by atoms with Gasteiger partial charge < -0.3 is 14.8 Å². The number of amides is 1. The fourth-order valence-electron chi connectivity index (χ4n) is 3.67. The lowest BCUT2D eigenvalue weighted by atomic mass is 9.97. The van der Waals surface area contributed by atoms with Crippen LogP contribution in [0.2, 0.25) is 0 Å². The monoisotopic (exact) mass is 376 g/mol. The molecule has 1 N–H and O–H groups in total. The molecule has 1 atom stereocenters. The Bertz CT molecular complexity index is 922. The lowest BCUT2D eigenvalue weighted by Gasteiger charge is -2.33. The quantitative estimate of drug-likeness (QED) is 0.741. The Morgan fingerprint density at radius 2 is 2.07 bits per heavy atom. The number of piperidine rings is 1. The lowest BCUT2D eigenvalue weighted by Crippen LogP contribution is -2.41. The first kappa shape index (κ1) is 18.2. The maximum absolute atomic E-state index is 13.0. The third-order valence-electron chi connectivity index (χ3n) is 5.14. The van der Waals surface area contributed by atoms with Crippen molar-refractivity contribution < 1.29 is 4.79 Å². The van der Waals surface area contributed by atoms with Crippen LogP contribution in [0.5, 0.6) is 0 Å². The molecular formula is C21H24N6O. The first-order chi connectivity index (χ1) is 13.7. The molecule has 3 aromatic rings. The van der Waals surface area contributed by atoms with Gasteiger partial charge in [0.15, 0.2) is 5.82 Å². The number of anilines is 1. The number of aromatic nitrogens is 4. The molecule has 0 bridgehead atoms. The highest BCUT2D eigenvalue weighted by molar-refractivity contribution is 5.94. The van der Waals surface area contributed by atoms with E-state index in [1.807, 2.05) is 54.8 Å². The third kappa shape index (κ3) is 4.03. The number of hydrogen-bond donors (Lipinski definition) is 1. The molecule has 1 aliphatic heterocycles. The normalized spacial score (nSPS) is 16.8. The van der Waals surface area contributed by atoms with Gasteiger partial charge in [-0.15, -0.1) is 0 Å². The van der Waals surface area contributed by atoms with Crippen molar-refractivity contribution in [1.82, 2.24) is 24.4 Å². The van der Waals surface area contributed by atoms with Crippen LogP contribution in [-0.2, 0) is 6.54 Å². The number of rotatable bonds is 5. The molecule has 0 aliphatic carbocycles. The van der Waals surface area contributed by atoms with Gasteiger partial charge in [0.2, 0.25) is 0 Å². The Labute approximate surface area is 164 Å². The molecule has 3 heterocycles. The van der Waals surface area contributed by atoms with Crippen LogP contribution in [-0.4, -0.2) is 50.5 Å². The molecule has 2 aromatic heterocycles. The molecule has 1 aromatic carbocycles. The fraction of sp³-hybridized carbons (Fsp3) is 0.333. The summed E-state index contributed by atoms with van der Waals surface area (Å²) in [6.07, 6.45) is 9.51. The maximum Gasteiger partial charge on any atom is 0.253 e. The largest absolute Gasteiger partial charge is 0.373 e. The van der Waals surface area contributed by atoms with Crippen LogP contribution in [0.1, 0.15) is 23.2 Å². The first-order valence-corrected chi connectivity index (χ1v) is 9.59. The van der Waals surface area contributed by atoms with E-state index < -0.39 is 0 Å². The summed E-state index contributed by atoms with van der Waals surface area (Å²) >= 11 is 0. The van der Waals surface area contributed by atoms with Gasteiger partial charge in [-0.2, -0.15) is 0 Å². The minimum Gasteiger partial charge on any atom is -0.373 e. The van der Waals surface area contributed by atoms with Crippen LogP contribution < -0.4 is 5.32 Å². The van der Waals surface area contributed by atoms with Gasteiger partial charge in [0.1, 0.15) is 5.82 Å². The summed E-state index contributed by atoms with van der Waals surface area (Å²) in [5, 5.41) is 3.01. The smallest absolute Gasteiger partial charge is 0.253 e. The molecule has 4 rings (SSSR count). The van der Waals surface area contributed by atoms with Crippen LogP contribution in [0.25, 0.3) is 11.4 Å². The zero-order valence-electron chi connectivity index (χ0n) is 16.0. The highest BCUT2D eigenvalue weighted by Crippen LogP contribution is 2.22. The number of likely N-dealkylation sites (tertiary alicyclic amines) is 1. The van der Waals surface area contributed by atoms with Gasteiger partial charge in [0.05, 0.1) is 6.33 Å². The molecule has 28 heavy (non-hydrogen) atoms. The van der Waals surface area contributed by atoms with Crippen molar-refractivity contribution in [2.45, 2.75) is 19.4 Å². The SMILES string of the molecule is CNc1ccnc(-c2ccc(C(=O)N3CCC[C@@H](Cn4ccnc4)C3)cc2)n1. The van der Waals surface area contributed by atoms with E-state index in [9.17, 15) is 4.79 Å². The molecule has 1 amide bonds. The summed E-state index contributed by atoms with van der Waals surface area (Å²) in [4.78, 5) is 27.8. The zero-order chi connectivity index (χ0) is 19.3. The van der Waals surface area contributed by atoms with E-state index in [-0.39, 0.29) is 5.91 Å². The second-order valence-corrected chi connectivity index (χ2v) is 7.11. The summed E-state index contributed by atoms with van der Waals surface area (Å²) in [6, 6.07) is 9.38. The Hall–Kier alpha value is -3.22. The van der Waals surface area contributed by atoms with E-state index in [0.29, 0.717) is 17.3 Å². The first-order valence-electron chi connectivity index (χ1n) is 9.59. The Balaban J connectivity index is 1.44. The van der Waals surface area contributed by atoms with Gasteiger partial charge >= 0.3 is 0 Å². The van der Waals surface area contributed by atoms with Crippen molar-refractivity contribution in [3.8, 4) is 11.4 Å². The van der Waals surface area contributed by atoms with Crippen molar-refractivity contribution in [3.63, 3.8) is 0 Å². The molecule has 0 radical (unpaired) electrons. The van der Waals surface area contributed by atoms with Crippen molar-refractivity contribution >= 4 is 11.7 Å². The lowest BCUT2D eigenvalue weighted by molar-refractivity contribution is 0.0662. The van der Waals surface area contributed by atoms with Gasteiger partial charge in [-0.25, -0.2) is 15.0 Å². The van der Waals surface area contributed by atoms with Gasteiger partial charge in [-0.3, -0.25) is 4.79 Å². The van der Waals surface area contributed by atoms with Gasteiger partial charge in [0, 0.05) is 56.4 Å². The van der Waals surface area contributed by atoms with E-state index in [0.717, 1.165) is 43.9 Å². The number of imidazole rings is 1. The van der Waals surface area contributed by atoms with Crippen molar-refractivity contribution in [2.75, 3.05) is 25.5 Å². The summed E-state index contributed by atoms with van der Waals surface area (Å²) in [6.45, 7) is 2.50. The highest BCUT2D eigenvalue weighted by atomic mass is 16.2. The standard InChI is InChI=1S/C21H24N6O/c1-22-19-8-9-24-20(25-19)17-4-6-18(7-5-17)21(28)27-11-2-3-16(14-27)13-26-12-10-23-15-26/h4-10,12,15-16H,2-3,11,13-14H2,1H3,(H,22,24,25)/t16-/m0/s1. The predicted octanol–water partition coefficient (Wildman–Crippen LogP) is 2.93. The van der Waals surface area contributed by atoms with Gasteiger partial charge in [0.25, 0.3) is 5.91 Å². The van der Waals surface area contributed by atoms with Crippen LogP contribution in [0.3, 0.4) is 0 Å². The predicted molar refractivity (Wildman–Crippen MR) is 108 cm³/mol. The molecule has 7 heteroatoms. The summed E-state index contributed by atoms with van der Waals surface area (Å²) < 4.78 is 2.09. The van der Waals surface area contributed by atoms with E-state index in [4.69, 9.17) is 0 Å². The minimum atomic E-state index is 0.0896. The zero-order valence-corrected chi connectivity index (χ0v) is 16.0. The topological polar surface area (TPSA) is 75.9 Å². The van der Waals surface area contributed by atoms with Crippen LogP contribution in [0, 0.1) is 5.92 Å². The van der Waals surface area contributed by atoms with Crippen LogP contribution in [0.15, 0.2) is 55.2 Å². The van der Waals surface area contributed by atoms with Gasteiger partial charge in [-0.05, 0) is 37.0 Å². The summed E-state index contributed by atoms with van der Waals surface area (Å²) in [7, 11) is 1.83. The third-order valence-corrected chi connectivity index (χ3v) is 5.14. The number of benzene rings is 1. The Kier molecular flexibility index (Phi) is 5.32. The number of nitrogens with zero attached hydrogens (tertiary/aromatic N) is 5. The highest BCUT2D eigenvalue weighted by Gasteiger charge is 2.24. The second kappa shape index (κ2) is 8.21. The Morgan fingerprint density at radius 1 is 1.21 bits per heavy atom. The average Bonchev–Trinajstić information content (AvgIpc) is 3.26. The van der Waals surface area contributed by atoms with Crippen molar-refractivity contribution in [3.05, 3.63) is 60.8 Å². The molecule has 7 nitrogen and oxygen atoms in total. The maximum atomic E-state index is 13.0. The van der Waals surface area contributed by atoms with E-state index in [1.54, 1.807) is 12.4 Å². The van der Waals surface area contributed by atoms with Crippen LogP contribution in [0.4, 0.5) is 5.82 Å². The second-order valence-electron chi connectivity index (χ2n) is 7.11. The molecule has 0 saturated carbocycles. The van der Waals surface area contributed by atoms with Gasteiger partial charge in [-0.1, -0.05) is 12.1 Å². The van der Waals surface area contributed by atoms with E-state index in [1.165, 1.54) is 0 Å². The van der Waals surface area contributed by atoms with Crippen molar-refractivity contribution in [2.24, 2.45) is 5.92 Å². The average molecular weight is 376 g/mol. The van der Waals surface area contributed by atoms with E-state index >= 15 is 0 Å². The molecule has 1 aliphatic rings. The van der Waals surface area contributed by atoms with Crippen molar-refractivity contribution in [1.29, 1.82) is 0 Å².